The van der Waals surface area contributed by atoms with Crippen LogP contribution in [0.3, 0.4) is 0 Å². The lowest BCUT2D eigenvalue weighted by Crippen LogP contribution is -2.32. The summed E-state index contributed by atoms with van der Waals surface area (Å²) in [5.41, 5.74) is 1.03. The van der Waals surface area contributed by atoms with Crippen LogP contribution in [-0.4, -0.2) is 31.4 Å². The van der Waals surface area contributed by atoms with E-state index in [2.05, 4.69) is 15.4 Å². The van der Waals surface area contributed by atoms with Gasteiger partial charge >= 0.3 is 5.97 Å². The zero-order valence-corrected chi connectivity index (χ0v) is 13.3. The van der Waals surface area contributed by atoms with Crippen molar-refractivity contribution >= 4 is 23.5 Å². The minimum atomic E-state index is -0.419. The topological polar surface area (TPSA) is 84.5 Å². The molecular weight excluding hydrogens is 296 g/mol. The van der Waals surface area contributed by atoms with Crippen molar-refractivity contribution in [2.24, 2.45) is 5.92 Å². The van der Waals surface area contributed by atoms with Crippen LogP contribution in [0.1, 0.15) is 42.5 Å². The van der Waals surface area contributed by atoms with Crippen LogP contribution in [0.15, 0.2) is 24.3 Å². The summed E-state index contributed by atoms with van der Waals surface area (Å²) in [4.78, 5) is 35.0. The summed E-state index contributed by atoms with van der Waals surface area (Å²) in [5, 5.41) is 5.54. The molecule has 0 radical (unpaired) electrons. The van der Waals surface area contributed by atoms with Crippen LogP contribution >= 0.6 is 0 Å². The second-order valence-corrected chi connectivity index (χ2v) is 5.64. The Balaban J connectivity index is 1.72. The minimum Gasteiger partial charge on any atom is -0.465 e. The number of ether oxygens (including phenoxy) is 1. The summed E-state index contributed by atoms with van der Waals surface area (Å²) in [7, 11) is 1.32. The van der Waals surface area contributed by atoms with Crippen molar-refractivity contribution in [3.8, 4) is 0 Å². The van der Waals surface area contributed by atoms with Gasteiger partial charge in [0.25, 0.3) is 0 Å². The Bertz CT molecular complexity index is 562. The number of amides is 2. The molecule has 0 aliphatic heterocycles. The summed E-state index contributed by atoms with van der Waals surface area (Å²) in [6.45, 7) is 0.335. The zero-order valence-electron chi connectivity index (χ0n) is 13.3. The highest BCUT2D eigenvalue weighted by Crippen LogP contribution is 2.24. The molecular formula is C17H22N2O4. The first kappa shape index (κ1) is 17.0. The van der Waals surface area contributed by atoms with Crippen LogP contribution in [0.25, 0.3) is 0 Å². The quantitative estimate of drug-likeness (QED) is 0.787. The molecule has 0 heterocycles. The fraction of sp³-hybridized carbons (Fsp3) is 0.471. The Morgan fingerprint density at radius 1 is 1.13 bits per heavy atom. The molecule has 23 heavy (non-hydrogen) atoms. The van der Waals surface area contributed by atoms with E-state index in [0.717, 1.165) is 25.7 Å². The maximum Gasteiger partial charge on any atom is 0.337 e. The number of methoxy groups -OCH3 is 1. The van der Waals surface area contributed by atoms with E-state index in [0.29, 0.717) is 17.8 Å². The van der Waals surface area contributed by atoms with Gasteiger partial charge in [-0.2, -0.15) is 0 Å². The molecule has 124 valence electrons. The van der Waals surface area contributed by atoms with Gasteiger partial charge in [-0.05, 0) is 37.1 Å². The average Bonchev–Trinajstić information content (AvgIpc) is 3.09. The first-order valence-electron chi connectivity index (χ1n) is 7.86. The Morgan fingerprint density at radius 2 is 1.78 bits per heavy atom. The van der Waals surface area contributed by atoms with E-state index < -0.39 is 5.97 Å². The Hall–Kier alpha value is -2.37. The predicted octanol–water partition coefficient (Wildman–Crippen LogP) is 2.11. The van der Waals surface area contributed by atoms with Gasteiger partial charge in [-0.3, -0.25) is 9.59 Å². The highest BCUT2D eigenvalue weighted by atomic mass is 16.5. The molecule has 0 saturated heterocycles. The van der Waals surface area contributed by atoms with Crippen LogP contribution in [0.2, 0.25) is 0 Å². The van der Waals surface area contributed by atoms with Gasteiger partial charge in [0.2, 0.25) is 11.8 Å². The predicted molar refractivity (Wildman–Crippen MR) is 86.0 cm³/mol. The van der Waals surface area contributed by atoms with Crippen LogP contribution in [0, 0.1) is 5.92 Å². The third-order valence-corrected chi connectivity index (χ3v) is 3.97. The number of esters is 1. The highest BCUT2D eigenvalue weighted by molar-refractivity contribution is 5.93. The van der Waals surface area contributed by atoms with Crippen molar-refractivity contribution < 1.29 is 19.1 Å². The fourth-order valence-electron chi connectivity index (χ4n) is 2.66. The third kappa shape index (κ3) is 5.09. The number of hydrogen-bond donors (Lipinski definition) is 2. The maximum atomic E-state index is 11.8. The third-order valence-electron chi connectivity index (χ3n) is 3.97. The molecule has 1 aromatic rings. The van der Waals surface area contributed by atoms with Crippen molar-refractivity contribution in [2.75, 3.05) is 19.0 Å². The van der Waals surface area contributed by atoms with Crippen LogP contribution in [-0.2, 0) is 14.3 Å². The molecule has 2 N–H and O–H groups in total. The Morgan fingerprint density at radius 3 is 2.39 bits per heavy atom. The van der Waals surface area contributed by atoms with Gasteiger partial charge in [-0.15, -0.1) is 0 Å². The molecule has 0 aromatic heterocycles. The van der Waals surface area contributed by atoms with Crippen LogP contribution < -0.4 is 10.6 Å². The van der Waals surface area contributed by atoms with Crippen molar-refractivity contribution in [3.63, 3.8) is 0 Å². The molecule has 6 nitrogen and oxygen atoms in total. The van der Waals surface area contributed by atoms with Crippen molar-refractivity contribution in [1.29, 1.82) is 0 Å². The standard InChI is InChI=1S/C17H22N2O4/c1-23-17(22)13-6-8-14(9-7-13)19-15(20)10-11-18-16(21)12-4-2-3-5-12/h6-9,12H,2-5,10-11H2,1H3,(H,18,21)(H,19,20). The van der Waals surface area contributed by atoms with E-state index in [1.165, 1.54) is 7.11 Å². The van der Waals surface area contributed by atoms with E-state index in [1.54, 1.807) is 24.3 Å². The normalized spacial score (nSPS) is 14.3. The zero-order chi connectivity index (χ0) is 16.7. The van der Waals surface area contributed by atoms with E-state index in [9.17, 15) is 14.4 Å². The molecule has 0 atom stereocenters. The number of nitrogens with one attached hydrogen (secondary N) is 2. The van der Waals surface area contributed by atoms with Crippen LogP contribution in [0.4, 0.5) is 5.69 Å². The molecule has 0 bridgehead atoms. The van der Waals surface area contributed by atoms with Gasteiger partial charge < -0.3 is 15.4 Å². The summed E-state index contributed by atoms with van der Waals surface area (Å²) in [5.74, 6) is -0.429. The molecule has 6 heteroatoms. The van der Waals surface area contributed by atoms with Crippen molar-refractivity contribution in [1.82, 2.24) is 5.32 Å². The number of anilines is 1. The lowest BCUT2D eigenvalue weighted by atomic mass is 10.1. The second kappa shape index (κ2) is 8.31. The molecule has 2 amide bonds. The number of benzene rings is 1. The Kier molecular flexibility index (Phi) is 6.14. The smallest absolute Gasteiger partial charge is 0.337 e. The molecule has 0 spiro atoms. The average molecular weight is 318 g/mol. The molecule has 1 aromatic carbocycles. The molecule has 1 aliphatic rings. The summed E-state index contributed by atoms with van der Waals surface area (Å²) in [6, 6.07) is 6.45. The van der Waals surface area contributed by atoms with Crippen molar-refractivity contribution in [2.45, 2.75) is 32.1 Å². The lowest BCUT2D eigenvalue weighted by Gasteiger charge is -2.10. The van der Waals surface area contributed by atoms with E-state index in [4.69, 9.17) is 0 Å². The molecule has 1 aliphatic carbocycles. The molecule has 0 unspecified atom stereocenters. The number of rotatable bonds is 6. The van der Waals surface area contributed by atoms with E-state index in [1.807, 2.05) is 0 Å². The first-order valence-corrected chi connectivity index (χ1v) is 7.86. The number of hydrogen-bond acceptors (Lipinski definition) is 4. The van der Waals surface area contributed by atoms with Gasteiger partial charge in [0.05, 0.1) is 12.7 Å². The maximum absolute atomic E-state index is 11.8. The van der Waals surface area contributed by atoms with Gasteiger partial charge in [-0.1, -0.05) is 12.8 Å². The van der Waals surface area contributed by atoms with Crippen LogP contribution in [0.5, 0.6) is 0 Å². The van der Waals surface area contributed by atoms with Gasteiger partial charge in [0.15, 0.2) is 0 Å². The first-order chi connectivity index (χ1) is 11.1. The number of carbonyl (C=O) groups excluding carboxylic acids is 3. The van der Waals surface area contributed by atoms with Gasteiger partial charge in [0.1, 0.15) is 0 Å². The summed E-state index contributed by atoms with van der Waals surface area (Å²) in [6.07, 6.45) is 4.34. The number of carbonyl (C=O) groups is 3. The Labute approximate surface area is 135 Å². The van der Waals surface area contributed by atoms with Gasteiger partial charge in [0, 0.05) is 24.6 Å². The lowest BCUT2D eigenvalue weighted by molar-refractivity contribution is -0.124. The van der Waals surface area contributed by atoms with E-state index >= 15 is 0 Å². The second-order valence-electron chi connectivity index (χ2n) is 5.64. The molecule has 1 fully saturated rings. The van der Waals surface area contributed by atoms with Crippen molar-refractivity contribution in [3.05, 3.63) is 29.8 Å². The SMILES string of the molecule is COC(=O)c1ccc(NC(=O)CCNC(=O)C2CCCC2)cc1. The summed E-state index contributed by atoms with van der Waals surface area (Å²) >= 11 is 0. The van der Waals surface area contributed by atoms with E-state index in [-0.39, 0.29) is 24.2 Å². The minimum absolute atomic E-state index is 0.0535. The largest absolute Gasteiger partial charge is 0.465 e. The monoisotopic (exact) mass is 318 g/mol. The summed E-state index contributed by atoms with van der Waals surface area (Å²) < 4.78 is 4.61. The molecule has 1 saturated carbocycles. The fourth-order valence-corrected chi connectivity index (χ4v) is 2.66. The highest BCUT2D eigenvalue weighted by Gasteiger charge is 2.22. The van der Waals surface area contributed by atoms with Gasteiger partial charge in [-0.25, -0.2) is 4.79 Å². The molecule has 2 rings (SSSR count).